The number of carbonyl (C=O) groups excluding carboxylic acids is 3. The molecule has 2 heterocycles. The van der Waals surface area contributed by atoms with E-state index in [-0.39, 0.29) is 29.8 Å². The molecule has 0 N–H and O–H groups in total. The second-order valence-electron chi connectivity index (χ2n) is 9.32. The Balaban J connectivity index is 1.15. The number of imide groups is 1. The molecule has 0 aromatic carbocycles. The van der Waals surface area contributed by atoms with Crippen LogP contribution in [0.2, 0.25) is 0 Å². The van der Waals surface area contributed by atoms with Crippen molar-refractivity contribution in [2.45, 2.75) is 44.9 Å². The van der Waals surface area contributed by atoms with Crippen molar-refractivity contribution in [2.75, 3.05) is 26.2 Å². The van der Waals surface area contributed by atoms with Crippen LogP contribution in [0.4, 0.5) is 4.79 Å². The molecule has 6 heteroatoms. The summed E-state index contributed by atoms with van der Waals surface area (Å²) in [5, 5.41) is 0. The van der Waals surface area contributed by atoms with Gasteiger partial charge in [-0.3, -0.25) is 9.59 Å². The number of nitrogens with zero attached hydrogens (tertiary/aromatic N) is 2. The summed E-state index contributed by atoms with van der Waals surface area (Å²) >= 11 is 0. The van der Waals surface area contributed by atoms with Crippen molar-refractivity contribution in [3.63, 3.8) is 0 Å². The minimum Gasteiger partial charge on any atom is -0.439 e. The zero-order chi connectivity index (χ0) is 17.2. The van der Waals surface area contributed by atoms with Crippen LogP contribution in [0.5, 0.6) is 0 Å². The summed E-state index contributed by atoms with van der Waals surface area (Å²) in [4.78, 5) is 39.0. The first-order chi connectivity index (χ1) is 12.0. The zero-order valence-electron chi connectivity index (χ0n) is 14.6. The Morgan fingerprint density at radius 2 is 1.64 bits per heavy atom. The van der Waals surface area contributed by atoms with Gasteiger partial charge < -0.3 is 9.64 Å². The Kier molecular flexibility index (Phi) is 3.41. The molecule has 2 aliphatic heterocycles. The Hall–Kier alpha value is -1.59. The molecule has 3 amide bonds. The van der Waals surface area contributed by atoms with Crippen LogP contribution in [-0.4, -0.2) is 53.9 Å². The number of ether oxygens (including phenoxy) is 1. The van der Waals surface area contributed by atoms with Crippen molar-refractivity contribution >= 4 is 17.9 Å². The Morgan fingerprint density at radius 1 is 1.04 bits per heavy atom. The average molecular weight is 346 g/mol. The van der Waals surface area contributed by atoms with Crippen LogP contribution in [0, 0.1) is 29.1 Å². The molecule has 6 fully saturated rings. The lowest BCUT2D eigenvalue weighted by Crippen LogP contribution is -2.56. The fourth-order valence-corrected chi connectivity index (χ4v) is 6.64. The molecule has 2 saturated heterocycles. The van der Waals surface area contributed by atoms with Crippen LogP contribution in [0.3, 0.4) is 0 Å². The molecule has 6 rings (SSSR count). The number of amides is 3. The van der Waals surface area contributed by atoms with Crippen molar-refractivity contribution in [3.05, 3.63) is 0 Å². The number of hydrogen-bond donors (Lipinski definition) is 0. The summed E-state index contributed by atoms with van der Waals surface area (Å²) in [5.74, 6) is 2.84. The van der Waals surface area contributed by atoms with Gasteiger partial charge >= 0.3 is 6.09 Å². The Labute approximate surface area is 147 Å². The van der Waals surface area contributed by atoms with Gasteiger partial charge in [-0.15, -0.1) is 0 Å². The molecule has 6 nitrogen and oxygen atoms in total. The molecule has 0 aromatic rings. The normalized spacial score (nSPS) is 39.8. The summed E-state index contributed by atoms with van der Waals surface area (Å²) < 4.78 is 4.74. The van der Waals surface area contributed by atoms with Gasteiger partial charge in [-0.25, -0.2) is 9.69 Å². The lowest BCUT2D eigenvalue weighted by atomic mass is 9.49. The van der Waals surface area contributed by atoms with Gasteiger partial charge in [-0.1, -0.05) is 0 Å². The molecule has 25 heavy (non-hydrogen) atoms. The van der Waals surface area contributed by atoms with Crippen molar-refractivity contribution in [1.82, 2.24) is 9.80 Å². The smallest absolute Gasteiger partial charge is 0.417 e. The molecule has 6 aliphatic rings. The van der Waals surface area contributed by atoms with E-state index in [1.165, 1.54) is 43.4 Å². The molecule has 136 valence electrons. The van der Waals surface area contributed by atoms with Gasteiger partial charge in [0.05, 0.1) is 0 Å². The number of likely N-dealkylation sites (tertiary alicyclic amines) is 1. The topological polar surface area (TPSA) is 66.9 Å². The third kappa shape index (κ3) is 2.64. The van der Waals surface area contributed by atoms with Crippen LogP contribution < -0.4 is 0 Å². The maximum absolute atomic E-state index is 12.8. The molecular formula is C19H26N2O4. The highest BCUT2D eigenvalue weighted by Crippen LogP contribution is 2.61. The number of rotatable bonds is 4. The minimum atomic E-state index is -0.539. The first-order valence-electron chi connectivity index (χ1n) is 9.74. The maximum atomic E-state index is 12.8. The zero-order valence-corrected chi connectivity index (χ0v) is 14.6. The summed E-state index contributed by atoms with van der Waals surface area (Å²) in [6, 6.07) is 0. The van der Waals surface area contributed by atoms with E-state index in [2.05, 4.69) is 0 Å². The SMILES string of the molecule is O=C(CC12CC3CC(CC(C3)C1)C2)N1CC(CN2C(=O)COC2=O)C1. The third-order valence-electron chi connectivity index (χ3n) is 7.28. The van der Waals surface area contributed by atoms with Gasteiger partial charge in [-0.2, -0.15) is 0 Å². The van der Waals surface area contributed by atoms with Crippen LogP contribution in [-0.2, 0) is 14.3 Å². The highest BCUT2D eigenvalue weighted by molar-refractivity contribution is 5.97. The average Bonchev–Trinajstić information content (AvgIpc) is 2.79. The molecule has 4 bridgehead atoms. The maximum Gasteiger partial charge on any atom is 0.417 e. The van der Waals surface area contributed by atoms with Crippen molar-refractivity contribution in [1.29, 1.82) is 0 Å². The highest BCUT2D eigenvalue weighted by Gasteiger charge is 2.52. The van der Waals surface area contributed by atoms with E-state index >= 15 is 0 Å². The minimum absolute atomic E-state index is 0.139. The molecular weight excluding hydrogens is 320 g/mol. The van der Waals surface area contributed by atoms with Crippen LogP contribution in [0.15, 0.2) is 0 Å². The summed E-state index contributed by atoms with van der Waals surface area (Å²) in [5.41, 5.74) is 0.283. The van der Waals surface area contributed by atoms with E-state index in [9.17, 15) is 14.4 Å². The lowest BCUT2D eigenvalue weighted by molar-refractivity contribution is -0.146. The molecule has 0 atom stereocenters. The van der Waals surface area contributed by atoms with Crippen LogP contribution in [0.25, 0.3) is 0 Å². The van der Waals surface area contributed by atoms with Gasteiger partial charge in [0.25, 0.3) is 5.91 Å². The molecule has 0 aromatic heterocycles. The third-order valence-corrected chi connectivity index (χ3v) is 7.28. The van der Waals surface area contributed by atoms with E-state index in [4.69, 9.17) is 4.74 Å². The largest absolute Gasteiger partial charge is 0.439 e. The van der Waals surface area contributed by atoms with Crippen molar-refractivity contribution in [3.8, 4) is 0 Å². The summed E-state index contributed by atoms with van der Waals surface area (Å²) in [6.07, 6.45) is 8.16. The number of hydrogen-bond acceptors (Lipinski definition) is 4. The van der Waals surface area contributed by atoms with Gasteiger partial charge in [-0.05, 0) is 61.7 Å². The summed E-state index contributed by atoms with van der Waals surface area (Å²) in [7, 11) is 0. The van der Waals surface area contributed by atoms with E-state index in [1.807, 2.05) is 4.90 Å². The first-order valence-corrected chi connectivity index (χ1v) is 9.74. The molecule has 4 saturated carbocycles. The molecule has 0 radical (unpaired) electrons. The Bertz CT molecular complexity index is 574. The fraction of sp³-hybridized carbons (Fsp3) is 0.842. The first kappa shape index (κ1) is 15.6. The molecule has 4 aliphatic carbocycles. The second kappa shape index (κ2) is 5.45. The van der Waals surface area contributed by atoms with E-state index in [1.54, 1.807) is 0 Å². The highest BCUT2D eigenvalue weighted by atomic mass is 16.6. The number of carbonyl (C=O) groups is 3. The van der Waals surface area contributed by atoms with Crippen molar-refractivity contribution in [2.24, 2.45) is 29.1 Å². The van der Waals surface area contributed by atoms with E-state index in [0.717, 1.165) is 17.8 Å². The molecule has 0 spiro atoms. The predicted octanol–water partition coefficient (Wildman–Crippen LogP) is 2.03. The standard InChI is InChI=1S/C19H26N2O4/c22-16(7-19-4-12-1-13(5-19)3-14(2-12)6-19)20-8-15(9-20)10-21-17(23)11-25-18(21)24/h12-15H,1-11H2. The van der Waals surface area contributed by atoms with Crippen LogP contribution >= 0.6 is 0 Å². The van der Waals surface area contributed by atoms with Crippen LogP contribution in [0.1, 0.15) is 44.9 Å². The number of cyclic esters (lactones) is 1. The van der Waals surface area contributed by atoms with E-state index < -0.39 is 6.09 Å². The lowest BCUT2D eigenvalue weighted by Gasteiger charge is -2.57. The van der Waals surface area contributed by atoms with E-state index in [0.29, 0.717) is 26.1 Å². The second-order valence-corrected chi connectivity index (χ2v) is 9.32. The van der Waals surface area contributed by atoms with Gasteiger partial charge in [0.1, 0.15) is 0 Å². The predicted molar refractivity (Wildman–Crippen MR) is 88.4 cm³/mol. The fourth-order valence-electron chi connectivity index (χ4n) is 6.64. The van der Waals surface area contributed by atoms with Crippen molar-refractivity contribution < 1.29 is 19.1 Å². The Morgan fingerprint density at radius 3 is 2.16 bits per heavy atom. The molecule has 0 unspecified atom stereocenters. The van der Waals surface area contributed by atoms with Gasteiger partial charge in [0.2, 0.25) is 5.91 Å². The quantitative estimate of drug-likeness (QED) is 0.781. The van der Waals surface area contributed by atoms with Gasteiger partial charge in [0.15, 0.2) is 6.61 Å². The summed E-state index contributed by atoms with van der Waals surface area (Å²) in [6.45, 7) is 1.59. The monoisotopic (exact) mass is 346 g/mol. The van der Waals surface area contributed by atoms with Gasteiger partial charge in [0, 0.05) is 32.0 Å².